The smallest absolute Gasteiger partial charge is 0.0757 e. The molecule has 0 saturated heterocycles. The van der Waals surface area contributed by atoms with Crippen LogP contribution in [0.5, 0.6) is 0 Å². The molecule has 2 heteroatoms. The number of fused-ring (bicyclic) bond motifs is 5. The zero-order chi connectivity index (χ0) is 23.4. The van der Waals surface area contributed by atoms with E-state index < -0.39 is 0 Å². The molecule has 0 bridgehead atoms. The summed E-state index contributed by atoms with van der Waals surface area (Å²) >= 11 is 0. The first-order chi connectivity index (χ1) is 15.0. The van der Waals surface area contributed by atoms with E-state index in [9.17, 15) is 10.2 Å². The molecule has 9 atom stereocenters. The number of allylic oxidation sites excluding steroid dienone is 2. The Bertz CT molecular complexity index is 727. The van der Waals surface area contributed by atoms with Crippen LogP contribution in [0, 0.1) is 58.2 Å². The van der Waals surface area contributed by atoms with Gasteiger partial charge < -0.3 is 10.2 Å². The van der Waals surface area contributed by atoms with Gasteiger partial charge in [-0.2, -0.15) is 0 Å². The third kappa shape index (κ3) is 3.96. The highest BCUT2D eigenvalue weighted by Gasteiger charge is 2.61. The lowest BCUT2D eigenvalue weighted by Gasteiger charge is -2.59. The van der Waals surface area contributed by atoms with E-state index in [-0.39, 0.29) is 17.6 Å². The quantitative estimate of drug-likeness (QED) is 0.449. The minimum Gasteiger partial charge on any atom is -0.393 e. The van der Waals surface area contributed by atoms with Crippen LogP contribution < -0.4 is 0 Å². The zero-order valence-corrected chi connectivity index (χ0v) is 21.8. The molecule has 0 aromatic rings. The van der Waals surface area contributed by atoms with Gasteiger partial charge in [-0.15, -0.1) is 0 Å². The fraction of sp³-hybridized carbons (Fsp3) is 0.867. The second kappa shape index (κ2) is 8.88. The highest BCUT2D eigenvalue weighted by molar-refractivity contribution is 5.28. The SMILES string of the molecule is CC(C)C(/C=C\C(C)[C@H]1CCC2C3C(CC[C@@]21C)[C@@]1(C)CC[C@H](O)CC1=C[C@@H]3O)C(C)C. The fourth-order valence-electron chi connectivity index (χ4n) is 9.19. The van der Waals surface area contributed by atoms with E-state index in [0.29, 0.717) is 46.8 Å². The second-order valence-electron chi connectivity index (χ2n) is 13.3. The maximum absolute atomic E-state index is 11.4. The van der Waals surface area contributed by atoms with Gasteiger partial charge in [-0.25, -0.2) is 0 Å². The Morgan fingerprint density at radius 3 is 2.22 bits per heavy atom. The normalized spacial score (nSPS) is 45.2. The van der Waals surface area contributed by atoms with Gasteiger partial charge in [0.25, 0.3) is 0 Å². The molecule has 0 heterocycles. The summed E-state index contributed by atoms with van der Waals surface area (Å²) in [7, 11) is 0. The molecule has 2 N–H and O–H groups in total. The van der Waals surface area contributed by atoms with Crippen molar-refractivity contribution in [3.8, 4) is 0 Å². The van der Waals surface area contributed by atoms with Crippen molar-refractivity contribution in [2.75, 3.05) is 0 Å². The van der Waals surface area contributed by atoms with Crippen molar-refractivity contribution in [2.45, 2.75) is 106 Å². The monoisotopic (exact) mass is 442 g/mol. The molecule has 0 spiro atoms. The molecule has 4 rings (SSSR count). The van der Waals surface area contributed by atoms with Gasteiger partial charge in [0.05, 0.1) is 12.2 Å². The van der Waals surface area contributed by atoms with Gasteiger partial charge in [0.15, 0.2) is 0 Å². The lowest BCUT2D eigenvalue weighted by molar-refractivity contribution is -0.0950. The summed E-state index contributed by atoms with van der Waals surface area (Å²) in [4.78, 5) is 0. The molecule has 0 radical (unpaired) electrons. The summed E-state index contributed by atoms with van der Waals surface area (Å²) in [5.74, 6) is 4.98. The van der Waals surface area contributed by atoms with Crippen molar-refractivity contribution in [1.82, 2.24) is 0 Å². The average Bonchev–Trinajstić information content (AvgIpc) is 3.06. The average molecular weight is 443 g/mol. The Balaban J connectivity index is 1.56. The van der Waals surface area contributed by atoms with E-state index in [1.54, 1.807) is 0 Å². The van der Waals surface area contributed by atoms with E-state index in [2.05, 4.69) is 66.7 Å². The van der Waals surface area contributed by atoms with Crippen LogP contribution in [0.4, 0.5) is 0 Å². The van der Waals surface area contributed by atoms with Crippen molar-refractivity contribution in [3.63, 3.8) is 0 Å². The molecule has 182 valence electrons. The molecular formula is C30H50O2. The number of rotatable bonds is 5. The molecule has 4 aliphatic rings. The minimum atomic E-state index is -0.325. The zero-order valence-electron chi connectivity index (χ0n) is 21.8. The van der Waals surface area contributed by atoms with Crippen LogP contribution >= 0.6 is 0 Å². The predicted octanol–water partition coefficient (Wildman–Crippen LogP) is 7.02. The summed E-state index contributed by atoms with van der Waals surface area (Å²) in [5, 5.41) is 21.6. The lowest BCUT2D eigenvalue weighted by atomic mass is 9.46. The first kappa shape index (κ1) is 24.5. The maximum atomic E-state index is 11.4. The molecule has 0 aliphatic heterocycles. The molecule has 0 aromatic carbocycles. The van der Waals surface area contributed by atoms with E-state index in [4.69, 9.17) is 0 Å². The molecule has 3 fully saturated rings. The Morgan fingerprint density at radius 2 is 1.56 bits per heavy atom. The van der Waals surface area contributed by atoms with Crippen LogP contribution in [-0.4, -0.2) is 22.4 Å². The summed E-state index contributed by atoms with van der Waals surface area (Å²) in [5.41, 5.74) is 1.89. The van der Waals surface area contributed by atoms with Crippen molar-refractivity contribution in [2.24, 2.45) is 58.2 Å². The number of aliphatic hydroxyl groups is 2. The van der Waals surface area contributed by atoms with Crippen LogP contribution in [0.1, 0.15) is 93.4 Å². The fourth-order valence-corrected chi connectivity index (χ4v) is 9.19. The molecular weight excluding hydrogens is 392 g/mol. The molecule has 4 unspecified atom stereocenters. The first-order valence-electron chi connectivity index (χ1n) is 13.7. The van der Waals surface area contributed by atoms with Gasteiger partial charge in [0, 0.05) is 0 Å². The van der Waals surface area contributed by atoms with E-state index in [0.717, 1.165) is 25.2 Å². The molecule has 2 nitrogen and oxygen atoms in total. The van der Waals surface area contributed by atoms with Gasteiger partial charge in [0.1, 0.15) is 0 Å². The van der Waals surface area contributed by atoms with Gasteiger partial charge in [0.2, 0.25) is 0 Å². The van der Waals surface area contributed by atoms with E-state index in [1.807, 2.05) is 0 Å². The lowest BCUT2D eigenvalue weighted by Crippen LogP contribution is -2.54. The number of aliphatic hydroxyl groups excluding tert-OH is 2. The van der Waals surface area contributed by atoms with Crippen molar-refractivity contribution < 1.29 is 10.2 Å². The molecule has 0 amide bonds. The van der Waals surface area contributed by atoms with Gasteiger partial charge in [-0.3, -0.25) is 0 Å². The topological polar surface area (TPSA) is 40.5 Å². The van der Waals surface area contributed by atoms with Crippen LogP contribution in [0.15, 0.2) is 23.8 Å². The first-order valence-corrected chi connectivity index (χ1v) is 13.7. The van der Waals surface area contributed by atoms with E-state index in [1.165, 1.54) is 31.3 Å². The molecule has 32 heavy (non-hydrogen) atoms. The van der Waals surface area contributed by atoms with Crippen LogP contribution in [-0.2, 0) is 0 Å². The highest BCUT2D eigenvalue weighted by Crippen LogP contribution is 2.67. The third-order valence-electron chi connectivity index (χ3n) is 11.0. The van der Waals surface area contributed by atoms with Crippen LogP contribution in [0.2, 0.25) is 0 Å². The summed E-state index contributed by atoms with van der Waals surface area (Å²) in [6, 6.07) is 0. The van der Waals surface area contributed by atoms with Gasteiger partial charge in [-0.1, -0.05) is 72.3 Å². The predicted molar refractivity (Wildman–Crippen MR) is 134 cm³/mol. The Morgan fingerprint density at radius 1 is 0.875 bits per heavy atom. The number of hydrogen-bond acceptors (Lipinski definition) is 2. The maximum Gasteiger partial charge on any atom is 0.0757 e. The minimum absolute atomic E-state index is 0.190. The van der Waals surface area contributed by atoms with Crippen molar-refractivity contribution in [3.05, 3.63) is 23.8 Å². The largest absolute Gasteiger partial charge is 0.393 e. The number of hydrogen-bond donors (Lipinski definition) is 2. The van der Waals surface area contributed by atoms with Gasteiger partial charge >= 0.3 is 0 Å². The van der Waals surface area contributed by atoms with Crippen LogP contribution in [0.3, 0.4) is 0 Å². The molecule has 3 saturated carbocycles. The standard InChI is InChI=1S/C30H50O2/c1-18(2)23(19(3)4)9-8-20(5)24-10-11-25-28-26(13-15-30(24,25)7)29(6)14-12-22(31)16-21(29)17-27(28)32/h8-9,17-20,22-28,31-32H,10-16H2,1-7H3/b9-8-/t20?,22-,24+,25?,26?,27-,28?,29-,30+/m0/s1. The van der Waals surface area contributed by atoms with E-state index >= 15 is 0 Å². The summed E-state index contributed by atoms with van der Waals surface area (Å²) < 4.78 is 0. The summed E-state index contributed by atoms with van der Waals surface area (Å²) in [6.07, 6.45) is 14.6. The molecule has 0 aromatic heterocycles. The van der Waals surface area contributed by atoms with Crippen molar-refractivity contribution >= 4 is 0 Å². The van der Waals surface area contributed by atoms with Crippen molar-refractivity contribution in [1.29, 1.82) is 0 Å². The van der Waals surface area contributed by atoms with Crippen LogP contribution in [0.25, 0.3) is 0 Å². The Kier molecular flexibility index (Phi) is 6.80. The highest BCUT2D eigenvalue weighted by atomic mass is 16.3. The summed E-state index contributed by atoms with van der Waals surface area (Å²) in [6.45, 7) is 16.9. The van der Waals surface area contributed by atoms with Gasteiger partial charge in [-0.05, 0) is 103 Å². The molecule has 4 aliphatic carbocycles. The Hall–Kier alpha value is -0.600. The Labute approximate surface area is 198 Å². The second-order valence-corrected chi connectivity index (χ2v) is 13.3. The third-order valence-corrected chi connectivity index (χ3v) is 11.0.